The van der Waals surface area contributed by atoms with Gasteiger partial charge in [0.1, 0.15) is 5.56 Å². The number of nitrogens with one attached hydrogen (secondary N) is 3. The molecule has 168 valence electrons. The van der Waals surface area contributed by atoms with E-state index in [1.165, 1.54) is 12.1 Å². The number of sulfone groups is 1. The minimum Gasteiger partial charge on any atom is -0.393 e. The molecule has 1 heterocycles. The summed E-state index contributed by atoms with van der Waals surface area (Å²) in [6, 6.07) is 6.18. The number of benzene rings is 1. The van der Waals surface area contributed by atoms with Gasteiger partial charge in [0.25, 0.3) is 11.5 Å². The van der Waals surface area contributed by atoms with Gasteiger partial charge < -0.3 is 21.5 Å². The molecule has 10 nitrogen and oxygen atoms in total. The number of amides is 1. The fourth-order valence-corrected chi connectivity index (χ4v) is 4.68. The maximum absolute atomic E-state index is 12.7. The second-order valence-corrected chi connectivity index (χ2v) is 10.3. The average molecular weight is 450 g/mol. The molecule has 6 N–H and O–H groups in total. The summed E-state index contributed by atoms with van der Waals surface area (Å²) in [5, 5.41) is 14.9. The van der Waals surface area contributed by atoms with Gasteiger partial charge in [0, 0.05) is 6.04 Å². The van der Waals surface area contributed by atoms with Crippen LogP contribution in [0.4, 0.5) is 17.5 Å². The molecule has 1 aliphatic rings. The van der Waals surface area contributed by atoms with Crippen molar-refractivity contribution >= 4 is 33.2 Å². The van der Waals surface area contributed by atoms with E-state index < -0.39 is 32.1 Å². The normalized spacial score (nSPS) is 19.2. The summed E-state index contributed by atoms with van der Waals surface area (Å²) in [4.78, 5) is 31.3. The molecule has 0 bridgehead atoms. The molecule has 0 unspecified atom stereocenters. The number of aliphatic hydroxyl groups excluding tert-OH is 1. The number of primary amides is 1. The van der Waals surface area contributed by atoms with E-state index in [-0.39, 0.29) is 34.5 Å². The van der Waals surface area contributed by atoms with E-state index in [4.69, 9.17) is 5.73 Å². The summed E-state index contributed by atoms with van der Waals surface area (Å²) in [7, 11) is -3.64. The number of aliphatic hydroxyl groups is 1. The molecular formula is C20H27N5O5S. The van der Waals surface area contributed by atoms with Crippen LogP contribution < -0.4 is 21.9 Å². The number of para-hydroxylation sites is 1. The number of nitrogens with two attached hydrogens (primary N) is 1. The van der Waals surface area contributed by atoms with Crippen LogP contribution in [0.15, 0.2) is 34.0 Å². The fraction of sp³-hybridized carbons (Fsp3) is 0.450. The Bertz CT molecular complexity index is 1120. The smallest absolute Gasteiger partial charge is 0.267 e. The maximum Gasteiger partial charge on any atom is 0.267 e. The van der Waals surface area contributed by atoms with Crippen LogP contribution in [-0.2, 0) is 9.84 Å². The van der Waals surface area contributed by atoms with Gasteiger partial charge in [0.2, 0.25) is 5.95 Å². The summed E-state index contributed by atoms with van der Waals surface area (Å²) >= 11 is 0. The van der Waals surface area contributed by atoms with Gasteiger partial charge in [0.15, 0.2) is 15.7 Å². The third-order valence-corrected chi connectivity index (χ3v) is 7.48. The second-order valence-electron chi connectivity index (χ2n) is 7.87. The minimum absolute atomic E-state index is 0.00701. The lowest BCUT2D eigenvalue weighted by atomic mass is 9.93. The predicted molar refractivity (Wildman–Crippen MR) is 117 cm³/mol. The molecule has 3 rings (SSSR count). The van der Waals surface area contributed by atoms with Crippen molar-refractivity contribution in [2.24, 2.45) is 5.73 Å². The van der Waals surface area contributed by atoms with Gasteiger partial charge in [-0.15, -0.1) is 0 Å². The summed E-state index contributed by atoms with van der Waals surface area (Å²) in [5.41, 5.74) is 4.42. The maximum atomic E-state index is 12.7. The third-order valence-electron chi connectivity index (χ3n) is 5.27. The van der Waals surface area contributed by atoms with E-state index in [0.29, 0.717) is 25.7 Å². The van der Waals surface area contributed by atoms with E-state index in [1.54, 1.807) is 26.0 Å². The largest absolute Gasteiger partial charge is 0.393 e. The van der Waals surface area contributed by atoms with Gasteiger partial charge in [-0.1, -0.05) is 12.1 Å². The molecule has 0 saturated heterocycles. The zero-order valence-electron chi connectivity index (χ0n) is 17.4. The van der Waals surface area contributed by atoms with Crippen molar-refractivity contribution in [3.8, 4) is 0 Å². The van der Waals surface area contributed by atoms with Crippen LogP contribution in [0, 0.1) is 0 Å². The van der Waals surface area contributed by atoms with Gasteiger partial charge in [-0.2, -0.15) is 4.98 Å². The van der Waals surface area contributed by atoms with Gasteiger partial charge >= 0.3 is 0 Å². The lowest BCUT2D eigenvalue weighted by molar-refractivity contribution is 0.0999. The van der Waals surface area contributed by atoms with Crippen LogP contribution in [0.25, 0.3) is 0 Å². The van der Waals surface area contributed by atoms with Crippen molar-refractivity contribution in [1.82, 2.24) is 9.97 Å². The standard InChI is InChI=1S/C20H27N5O5S/c1-11(2)31(29,30)15-6-4-3-5-14(15)23-18-16(17(21)27)19(28)25-20(24-18)22-12-7-9-13(26)10-8-12/h3-6,11-13,26H,7-10H2,1-2H3,(H2,21,27)(H3,22,23,24,25,28). The first-order valence-corrected chi connectivity index (χ1v) is 11.6. The zero-order valence-corrected chi connectivity index (χ0v) is 18.2. The number of carbonyl (C=O) groups is 1. The Morgan fingerprint density at radius 3 is 2.48 bits per heavy atom. The highest BCUT2D eigenvalue weighted by molar-refractivity contribution is 7.92. The Morgan fingerprint density at radius 1 is 1.23 bits per heavy atom. The quantitative estimate of drug-likeness (QED) is 0.424. The van der Waals surface area contributed by atoms with Crippen LogP contribution in [-0.4, -0.2) is 46.8 Å². The highest BCUT2D eigenvalue weighted by atomic mass is 32.2. The topological polar surface area (TPSA) is 167 Å². The van der Waals surface area contributed by atoms with Crippen LogP contribution in [0.5, 0.6) is 0 Å². The second kappa shape index (κ2) is 9.06. The first-order valence-electron chi connectivity index (χ1n) is 10.1. The number of carbonyl (C=O) groups excluding carboxylic acids is 1. The molecular weight excluding hydrogens is 422 g/mol. The molecule has 11 heteroatoms. The number of aromatic amines is 1. The number of anilines is 3. The Morgan fingerprint density at radius 2 is 1.87 bits per heavy atom. The van der Waals surface area contributed by atoms with Gasteiger partial charge in [-0.3, -0.25) is 14.6 Å². The van der Waals surface area contributed by atoms with Crippen LogP contribution in [0.1, 0.15) is 49.9 Å². The molecule has 1 saturated carbocycles. The van der Waals surface area contributed by atoms with E-state index in [1.807, 2.05) is 0 Å². The Hall–Kier alpha value is -2.92. The van der Waals surface area contributed by atoms with Gasteiger partial charge in [-0.05, 0) is 51.7 Å². The van der Waals surface area contributed by atoms with Crippen molar-refractivity contribution in [2.75, 3.05) is 10.6 Å². The number of aromatic nitrogens is 2. The molecule has 31 heavy (non-hydrogen) atoms. The first-order chi connectivity index (χ1) is 14.6. The molecule has 0 radical (unpaired) electrons. The lowest BCUT2D eigenvalue weighted by Crippen LogP contribution is -2.32. The highest BCUT2D eigenvalue weighted by Crippen LogP contribution is 2.28. The van der Waals surface area contributed by atoms with Gasteiger partial charge in [-0.25, -0.2) is 8.42 Å². The fourth-order valence-electron chi connectivity index (χ4n) is 3.47. The lowest BCUT2D eigenvalue weighted by Gasteiger charge is -2.26. The highest BCUT2D eigenvalue weighted by Gasteiger charge is 2.25. The molecule has 1 aromatic carbocycles. The number of rotatable bonds is 7. The SMILES string of the molecule is CC(C)S(=O)(=O)c1ccccc1Nc1nc(NC2CCC(O)CC2)[nH]c(=O)c1C(N)=O. The molecule has 0 spiro atoms. The Labute approximate surface area is 180 Å². The number of hydrogen-bond acceptors (Lipinski definition) is 8. The molecule has 1 fully saturated rings. The molecule has 1 aromatic heterocycles. The van der Waals surface area contributed by atoms with Crippen molar-refractivity contribution in [3.63, 3.8) is 0 Å². The summed E-state index contributed by atoms with van der Waals surface area (Å²) < 4.78 is 25.5. The van der Waals surface area contributed by atoms with Crippen molar-refractivity contribution < 1.29 is 18.3 Å². The third kappa shape index (κ3) is 5.05. The first kappa shape index (κ1) is 22.8. The summed E-state index contributed by atoms with van der Waals surface area (Å²) in [6.45, 7) is 3.13. The number of hydrogen-bond donors (Lipinski definition) is 5. The van der Waals surface area contributed by atoms with Gasteiger partial charge in [0.05, 0.1) is 21.9 Å². The zero-order chi connectivity index (χ0) is 22.8. The molecule has 1 amide bonds. The summed E-state index contributed by atoms with van der Waals surface area (Å²) in [5.74, 6) is -1.00. The number of H-pyrrole nitrogens is 1. The Balaban J connectivity index is 2.00. The van der Waals surface area contributed by atoms with Crippen molar-refractivity contribution in [3.05, 3.63) is 40.2 Å². The minimum atomic E-state index is -3.64. The van der Waals surface area contributed by atoms with Crippen molar-refractivity contribution in [1.29, 1.82) is 0 Å². The van der Waals surface area contributed by atoms with E-state index >= 15 is 0 Å². The molecule has 1 aliphatic carbocycles. The monoisotopic (exact) mass is 449 g/mol. The van der Waals surface area contributed by atoms with Crippen molar-refractivity contribution in [2.45, 2.75) is 61.8 Å². The Kier molecular flexibility index (Phi) is 6.65. The summed E-state index contributed by atoms with van der Waals surface area (Å²) in [6.07, 6.45) is 2.32. The molecule has 0 aliphatic heterocycles. The number of nitrogens with zero attached hydrogens (tertiary/aromatic N) is 1. The van der Waals surface area contributed by atoms with Crippen LogP contribution in [0.2, 0.25) is 0 Å². The van der Waals surface area contributed by atoms with Crippen LogP contribution >= 0.6 is 0 Å². The van der Waals surface area contributed by atoms with E-state index in [2.05, 4.69) is 20.6 Å². The predicted octanol–water partition coefficient (Wildman–Crippen LogP) is 1.51. The average Bonchev–Trinajstić information content (AvgIpc) is 2.69. The van der Waals surface area contributed by atoms with E-state index in [9.17, 15) is 23.1 Å². The van der Waals surface area contributed by atoms with E-state index in [0.717, 1.165) is 0 Å². The molecule has 0 atom stereocenters. The molecule has 2 aromatic rings. The van der Waals surface area contributed by atoms with Crippen LogP contribution in [0.3, 0.4) is 0 Å².